The molecule has 0 bridgehead atoms. The third kappa shape index (κ3) is 4.34. The van der Waals surface area contributed by atoms with Crippen LogP contribution < -0.4 is 5.73 Å². The van der Waals surface area contributed by atoms with Crippen LogP contribution in [-0.4, -0.2) is 65.3 Å². The van der Waals surface area contributed by atoms with Crippen LogP contribution in [0, 0.1) is 11.8 Å². The van der Waals surface area contributed by atoms with Gasteiger partial charge in [0.2, 0.25) is 0 Å². The molecule has 3 N–H and O–H groups in total. The Bertz CT molecular complexity index is 374. The molecular formula is C17H30Cl2N2O2. The van der Waals surface area contributed by atoms with Crippen molar-refractivity contribution in [1.82, 2.24) is 4.90 Å². The van der Waals surface area contributed by atoms with Gasteiger partial charge in [0.1, 0.15) is 0 Å². The fourth-order valence-corrected chi connectivity index (χ4v) is 5.19. The molecule has 2 saturated heterocycles. The Labute approximate surface area is 149 Å². The Morgan fingerprint density at radius 2 is 1.61 bits per heavy atom. The molecule has 23 heavy (non-hydrogen) atoms. The molecule has 2 aliphatic heterocycles. The summed E-state index contributed by atoms with van der Waals surface area (Å²) < 4.78 is 5.46. The highest BCUT2D eigenvalue weighted by Crippen LogP contribution is 2.37. The van der Waals surface area contributed by atoms with Crippen molar-refractivity contribution in [3.63, 3.8) is 0 Å². The van der Waals surface area contributed by atoms with Gasteiger partial charge in [-0.2, -0.15) is 0 Å². The van der Waals surface area contributed by atoms with Crippen molar-refractivity contribution in [2.45, 2.75) is 67.5 Å². The summed E-state index contributed by atoms with van der Waals surface area (Å²) in [6.07, 6.45) is 5.45. The number of rotatable bonds is 3. The van der Waals surface area contributed by atoms with E-state index < -0.39 is 6.10 Å². The molecule has 0 aromatic heterocycles. The van der Waals surface area contributed by atoms with E-state index in [1.165, 1.54) is 0 Å². The fraction of sp³-hybridized carbons (Fsp3) is 1.00. The van der Waals surface area contributed by atoms with Gasteiger partial charge in [0.15, 0.2) is 0 Å². The average molecular weight is 365 g/mol. The van der Waals surface area contributed by atoms with Crippen LogP contribution in [0.3, 0.4) is 0 Å². The van der Waals surface area contributed by atoms with Gasteiger partial charge in [-0.05, 0) is 57.5 Å². The topological polar surface area (TPSA) is 58.7 Å². The molecule has 3 rings (SSSR count). The lowest BCUT2D eigenvalue weighted by Gasteiger charge is -2.44. The van der Waals surface area contributed by atoms with Crippen molar-refractivity contribution < 1.29 is 9.84 Å². The van der Waals surface area contributed by atoms with Gasteiger partial charge >= 0.3 is 0 Å². The van der Waals surface area contributed by atoms with E-state index in [2.05, 4.69) is 4.90 Å². The molecule has 5 atom stereocenters. The SMILES string of the molecule is NC(C1CCN(C2CCOCC2)CC1)C1CC(Cl)C(Cl)CC1O. The van der Waals surface area contributed by atoms with E-state index in [9.17, 15) is 5.11 Å². The highest BCUT2D eigenvalue weighted by molar-refractivity contribution is 6.30. The number of aliphatic hydroxyl groups excluding tert-OH is 1. The van der Waals surface area contributed by atoms with Crippen LogP contribution in [-0.2, 0) is 4.74 Å². The molecule has 0 aromatic carbocycles. The van der Waals surface area contributed by atoms with Crippen LogP contribution in [0.15, 0.2) is 0 Å². The third-order valence-corrected chi connectivity index (χ3v) is 7.26. The van der Waals surface area contributed by atoms with Gasteiger partial charge in [0.05, 0.1) is 16.9 Å². The first kappa shape index (κ1) is 18.2. The highest BCUT2D eigenvalue weighted by atomic mass is 35.5. The van der Waals surface area contributed by atoms with Gasteiger partial charge in [-0.1, -0.05) is 0 Å². The molecule has 2 heterocycles. The zero-order chi connectivity index (χ0) is 16.4. The minimum atomic E-state index is -0.406. The Hall–Kier alpha value is 0.420. The monoisotopic (exact) mass is 364 g/mol. The molecule has 0 amide bonds. The number of halogens is 2. The molecule has 0 aromatic rings. The Balaban J connectivity index is 1.50. The maximum Gasteiger partial charge on any atom is 0.0598 e. The van der Waals surface area contributed by atoms with Crippen LogP contribution in [0.1, 0.15) is 38.5 Å². The molecular weight excluding hydrogens is 335 g/mol. The summed E-state index contributed by atoms with van der Waals surface area (Å²) in [6, 6.07) is 0.720. The molecule has 6 heteroatoms. The Morgan fingerprint density at radius 3 is 2.26 bits per heavy atom. The fourth-order valence-electron chi connectivity index (χ4n) is 4.60. The van der Waals surface area contributed by atoms with Gasteiger partial charge in [-0.25, -0.2) is 0 Å². The van der Waals surface area contributed by atoms with E-state index in [-0.39, 0.29) is 22.7 Å². The molecule has 4 nitrogen and oxygen atoms in total. The molecule has 3 aliphatic rings. The van der Waals surface area contributed by atoms with Crippen molar-refractivity contribution in [3.8, 4) is 0 Å². The van der Waals surface area contributed by atoms with Crippen LogP contribution in [0.5, 0.6) is 0 Å². The predicted molar refractivity (Wildman–Crippen MR) is 94.1 cm³/mol. The molecule has 5 unspecified atom stereocenters. The number of aliphatic hydroxyl groups is 1. The summed E-state index contributed by atoms with van der Waals surface area (Å²) in [5.41, 5.74) is 6.54. The lowest BCUT2D eigenvalue weighted by atomic mass is 9.74. The maximum absolute atomic E-state index is 10.4. The molecule has 3 fully saturated rings. The average Bonchev–Trinajstić information content (AvgIpc) is 2.58. The van der Waals surface area contributed by atoms with E-state index in [0.29, 0.717) is 18.4 Å². The van der Waals surface area contributed by atoms with Crippen LogP contribution in [0.4, 0.5) is 0 Å². The number of nitrogens with zero attached hydrogens (tertiary/aromatic N) is 1. The third-order valence-electron chi connectivity index (χ3n) is 6.17. The van der Waals surface area contributed by atoms with E-state index in [4.69, 9.17) is 33.7 Å². The summed E-state index contributed by atoms with van der Waals surface area (Å²) >= 11 is 12.5. The number of hydrogen-bond donors (Lipinski definition) is 2. The normalized spacial score (nSPS) is 40.2. The lowest BCUT2D eigenvalue weighted by Crippen LogP contribution is -2.52. The standard InChI is InChI=1S/C17H30Cl2N2O2/c18-14-9-13(16(22)10-15(14)19)17(20)11-1-5-21(6-2-11)12-3-7-23-8-4-12/h11-17,22H,1-10,20H2. The van der Waals surface area contributed by atoms with Crippen LogP contribution in [0.2, 0.25) is 0 Å². The molecule has 1 aliphatic carbocycles. The number of likely N-dealkylation sites (tertiary alicyclic amines) is 1. The van der Waals surface area contributed by atoms with Gasteiger partial charge in [0.25, 0.3) is 0 Å². The molecule has 0 radical (unpaired) electrons. The number of hydrogen-bond acceptors (Lipinski definition) is 4. The summed E-state index contributed by atoms with van der Waals surface area (Å²) in [4.78, 5) is 2.61. The zero-order valence-corrected chi connectivity index (χ0v) is 15.3. The van der Waals surface area contributed by atoms with Crippen LogP contribution >= 0.6 is 23.2 Å². The van der Waals surface area contributed by atoms with Gasteiger partial charge < -0.3 is 20.5 Å². The minimum absolute atomic E-state index is 0.0345. The largest absolute Gasteiger partial charge is 0.393 e. The summed E-state index contributed by atoms with van der Waals surface area (Å²) in [7, 11) is 0. The highest BCUT2D eigenvalue weighted by Gasteiger charge is 2.40. The van der Waals surface area contributed by atoms with Gasteiger partial charge in [-0.15, -0.1) is 23.2 Å². The second-order valence-electron chi connectivity index (χ2n) is 7.53. The quantitative estimate of drug-likeness (QED) is 0.753. The van der Waals surface area contributed by atoms with Crippen molar-refractivity contribution in [3.05, 3.63) is 0 Å². The van der Waals surface area contributed by atoms with Crippen molar-refractivity contribution in [1.29, 1.82) is 0 Å². The Kier molecular flexibility index (Phi) is 6.49. The van der Waals surface area contributed by atoms with Crippen molar-refractivity contribution in [2.75, 3.05) is 26.3 Å². The lowest BCUT2D eigenvalue weighted by molar-refractivity contribution is 0.00654. The number of nitrogens with two attached hydrogens (primary N) is 1. The summed E-state index contributed by atoms with van der Waals surface area (Å²) in [5, 5.41) is 10.2. The zero-order valence-electron chi connectivity index (χ0n) is 13.7. The first-order valence-electron chi connectivity index (χ1n) is 9.10. The molecule has 1 saturated carbocycles. The van der Waals surface area contributed by atoms with E-state index in [1.54, 1.807) is 0 Å². The number of alkyl halides is 2. The van der Waals surface area contributed by atoms with E-state index >= 15 is 0 Å². The Morgan fingerprint density at radius 1 is 1.00 bits per heavy atom. The first-order chi connectivity index (χ1) is 11.1. The summed E-state index contributed by atoms with van der Waals surface area (Å²) in [6.45, 7) is 4.03. The number of ether oxygens (including phenoxy) is 1. The van der Waals surface area contributed by atoms with E-state index in [0.717, 1.165) is 58.4 Å². The predicted octanol–water partition coefficient (Wildman–Crippen LogP) is 2.19. The van der Waals surface area contributed by atoms with Crippen LogP contribution in [0.25, 0.3) is 0 Å². The summed E-state index contributed by atoms with van der Waals surface area (Å²) in [5.74, 6) is 0.577. The van der Waals surface area contributed by atoms with Gasteiger partial charge in [0, 0.05) is 31.2 Å². The van der Waals surface area contributed by atoms with Gasteiger partial charge in [-0.3, -0.25) is 0 Å². The number of piperidine rings is 1. The maximum atomic E-state index is 10.4. The molecule has 0 spiro atoms. The second-order valence-corrected chi connectivity index (χ2v) is 8.65. The second kappa shape index (κ2) is 8.20. The molecule has 134 valence electrons. The minimum Gasteiger partial charge on any atom is -0.393 e. The van der Waals surface area contributed by atoms with E-state index in [1.807, 2.05) is 0 Å². The van der Waals surface area contributed by atoms with Crippen molar-refractivity contribution >= 4 is 23.2 Å². The smallest absolute Gasteiger partial charge is 0.0598 e. The van der Waals surface area contributed by atoms with Crippen molar-refractivity contribution in [2.24, 2.45) is 17.6 Å². The first-order valence-corrected chi connectivity index (χ1v) is 9.97.